The van der Waals surface area contributed by atoms with Gasteiger partial charge in [-0.3, -0.25) is 0 Å². The van der Waals surface area contributed by atoms with E-state index in [-0.39, 0.29) is 0 Å². The molecule has 0 saturated carbocycles. The van der Waals surface area contributed by atoms with Crippen LogP contribution in [0.25, 0.3) is 0 Å². The minimum absolute atomic E-state index is 0.338. The topological polar surface area (TPSA) is 17.1 Å². The molecule has 1 nitrogen and oxygen atoms in total. The predicted octanol–water partition coefficient (Wildman–Crippen LogP) is 4.17. The number of Topliss-reactive ketones (excluding diaryl/α,β-unsaturated/α-hetero) is 1. The van der Waals surface area contributed by atoms with Gasteiger partial charge < -0.3 is 4.79 Å². The number of hydrogen-bond donors (Lipinski definition) is 0. The summed E-state index contributed by atoms with van der Waals surface area (Å²) in [5, 5.41) is 0. The van der Waals surface area contributed by atoms with Crippen LogP contribution in [0.3, 0.4) is 0 Å². The first-order chi connectivity index (χ1) is 6.79. The van der Waals surface area contributed by atoms with E-state index in [0.29, 0.717) is 5.78 Å². The molecule has 3 heteroatoms. The molecule has 1 saturated heterocycles. The summed E-state index contributed by atoms with van der Waals surface area (Å²) in [6, 6.07) is 0. The second kappa shape index (κ2) is 9.91. The summed E-state index contributed by atoms with van der Waals surface area (Å²) in [5.74, 6) is 3.91. The lowest BCUT2D eigenvalue weighted by Gasteiger charge is -2.05. The zero-order chi connectivity index (χ0) is 10.8. The van der Waals surface area contributed by atoms with Crippen LogP contribution in [0.15, 0.2) is 0 Å². The summed E-state index contributed by atoms with van der Waals surface area (Å²) >= 11 is 0. The van der Waals surface area contributed by atoms with Gasteiger partial charge in [0.25, 0.3) is 0 Å². The second-order valence-corrected chi connectivity index (χ2v) is 5.94. The SMILES string of the molecule is CC.CC(=O)CCCCC1CSSC1. The third-order valence-electron chi connectivity index (χ3n) is 2.08. The summed E-state index contributed by atoms with van der Waals surface area (Å²) in [6.45, 7) is 5.68. The van der Waals surface area contributed by atoms with Crippen molar-refractivity contribution in [1.82, 2.24) is 0 Å². The molecule has 0 aliphatic carbocycles. The number of ketones is 1. The second-order valence-electron chi connectivity index (χ2n) is 3.38. The first kappa shape index (κ1) is 14.4. The van der Waals surface area contributed by atoms with Crippen LogP contribution in [-0.4, -0.2) is 17.3 Å². The van der Waals surface area contributed by atoms with E-state index < -0.39 is 0 Å². The first-order valence-electron chi connectivity index (χ1n) is 5.53. The van der Waals surface area contributed by atoms with E-state index in [1.165, 1.54) is 24.3 Å². The molecule has 0 aromatic heterocycles. The standard InChI is InChI=1S/C9H16OS2.C2H6/c1-8(10)4-2-3-5-9-6-11-12-7-9;1-2/h9H,2-7H2,1H3;1-2H3. The van der Waals surface area contributed by atoms with Gasteiger partial charge in [-0.15, -0.1) is 0 Å². The van der Waals surface area contributed by atoms with Gasteiger partial charge in [-0.2, -0.15) is 0 Å². The Morgan fingerprint density at radius 3 is 2.29 bits per heavy atom. The summed E-state index contributed by atoms with van der Waals surface area (Å²) in [4.78, 5) is 10.6. The van der Waals surface area contributed by atoms with Gasteiger partial charge in [-0.25, -0.2) is 0 Å². The molecule has 0 N–H and O–H groups in total. The molecule has 14 heavy (non-hydrogen) atoms. The number of rotatable bonds is 5. The smallest absolute Gasteiger partial charge is 0.129 e. The van der Waals surface area contributed by atoms with E-state index in [0.717, 1.165) is 18.8 Å². The van der Waals surface area contributed by atoms with Crippen LogP contribution >= 0.6 is 21.6 Å². The van der Waals surface area contributed by atoms with Gasteiger partial charge >= 0.3 is 0 Å². The molecule has 0 atom stereocenters. The molecule has 0 amide bonds. The number of carbonyl (C=O) groups excluding carboxylic acids is 1. The Kier molecular flexibility index (Phi) is 10.2. The van der Waals surface area contributed by atoms with Crippen molar-refractivity contribution in [2.75, 3.05) is 11.5 Å². The van der Waals surface area contributed by atoms with E-state index in [4.69, 9.17) is 0 Å². The van der Waals surface area contributed by atoms with Crippen molar-refractivity contribution in [3.63, 3.8) is 0 Å². The lowest BCUT2D eigenvalue weighted by Crippen LogP contribution is -2.01. The lowest BCUT2D eigenvalue weighted by molar-refractivity contribution is -0.117. The van der Waals surface area contributed by atoms with Crippen molar-refractivity contribution in [3.05, 3.63) is 0 Å². The number of hydrogen-bond acceptors (Lipinski definition) is 3. The zero-order valence-corrected chi connectivity index (χ0v) is 11.2. The van der Waals surface area contributed by atoms with E-state index in [9.17, 15) is 4.79 Å². The fourth-order valence-electron chi connectivity index (χ4n) is 1.31. The summed E-state index contributed by atoms with van der Waals surface area (Å²) in [5.41, 5.74) is 0. The van der Waals surface area contributed by atoms with Gasteiger partial charge in [-0.1, -0.05) is 41.9 Å². The Labute approximate surface area is 96.2 Å². The third-order valence-corrected chi connectivity index (χ3v) is 4.78. The molecule has 0 bridgehead atoms. The summed E-state index contributed by atoms with van der Waals surface area (Å²) in [6.07, 6.45) is 4.45. The monoisotopic (exact) mass is 234 g/mol. The van der Waals surface area contributed by atoms with Crippen LogP contribution < -0.4 is 0 Å². The van der Waals surface area contributed by atoms with Gasteiger partial charge in [0, 0.05) is 17.9 Å². The van der Waals surface area contributed by atoms with E-state index in [2.05, 4.69) is 0 Å². The highest BCUT2D eigenvalue weighted by Crippen LogP contribution is 2.36. The van der Waals surface area contributed by atoms with Crippen molar-refractivity contribution in [2.45, 2.75) is 46.5 Å². The highest BCUT2D eigenvalue weighted by atomic mass is 33.1. The molecule has 1 aliphatic heterocycles. The van der Waals surface area contributed by atoms with Crippen LogP contribution in [0, 0.1) is 5.92 Å². The molecule has 0 spiro atoms. The Morgan fingerprint density at radius 2 is 1.79 bits per heavy atom. The average molecular weight is 234 g/mol. The molecule has 0 unspecified atom stereocenters. The lowest BCUT2D eigenvalue weighted by atomic mass is 10.0. The Morgan fingerprint density at radius 1 is 1.21 bits per heavy atom. The maximum absolute atomic E-state index is 10.6. The molecule has 84 valence electrons. The average Bonchev–Trinajstić information content (AvgIpc) is 2.68. The Hall–Kier alpha value is 0.370. The van der Waals surface area contributed by atoms with Crippen LogP contribution in [-0.2, 0) is 4.79 Å². The van der Waals surface area contributed by atoms with Crippen molar-refractivity contribution in [2.24, 2.45) is 5.92 Å². The van der Waals surface area contributed by atoms with Crippen LogP contribution in [0.1, 0.15) is 46.5 Å². The highest BCUT2D eigenvalue weighted by molar-refractivity contribution is 8.77. The molecule has 0 aromatic carbocycles. The first-order valence-corrected chi connectivity index (χ1v) is 8.01. The number of unbranched alkanes of at least 4 members (excludes halogenated alkanes) is 1. The van der Waals surface area contributed by atoms with Crippen molar-refractivity contribution < 1.29 is 4.79 Å². The Balaban J connectivity index is 0.000000791. The van der Waals surface area contributed by atoms with Gasteiger partial charge in [0.2, 0.25) is 0 Å². The summed E-state index contributed by atoms with van der Waals surface area (Å²) < 4.78 is 0. The molecule has 0 aromatic rings. The van der Waals surface area contributed by atoms with Crippen molar-refractivity contribution in [3.8, 4) is 0 Å². The quantitative estimate of drug-likeness (QED) is 0.525. The molecule has 1 heterocycles. The maximum atomic E-state index is 10.6. The van der Waals surface area contributed by atoms with Gasteiger partial charge in [0.1, 0.15) is 5.78 Å². The fourth-order valence-corrected chi connectivity index (χ4v) is 4.34. The minimum atomic E-state index is 0.338. The Bertz CT molecular complexity index is 142. The van der Waals surface area contributed by atoms with E-state index >= 15 is 0 Å². The maximum Gasteiger partial charge on any atom is 0.129 e. The summed E-state index contributed by atoms with van der Waals surface area (Å²) in [7, 11) is 3.99. The third kappa shape index (κ3) is 7.74. The van der Waals surface area contributed by atoms with Crippen molar-refractivity contribution in [1.29, 1.82) is 0 Å². The van der Waals surface area contributed by atoms with Crippen LogP contribution in [0.5, 0.6) is 0 Å². The molecule has 0 radical (unpaired) electrons. The molecular weight excluding hydrogens is 212 g/mol. The molecule has 1 rings (SSSR count). The van der Waals surface area contributed by atoms with Gasteiger partial charge in [0.15, 0.2) is 0 Å². The largest absolute Gasteiger partial charge is 0.300 e. The van der Waals surface area contributed by atoms with E-state index in [1.807, 2.05) is 35.4 Å². The van der Waals surface area contributed by atoms with Crippen molar-refractivity contribution >= 4 is 27.4 Å². The van der Waals surface area contributed by atoms with Gasteiger partial charge in [-0.05, 0) is 25.7 Å². The normalized spacial score (nSPS) is 16.2. The minimum Gasteiger partial charge on any atom is -0.300 e. The highest BCUT2D eigenvalue weighted by Gasteiger charge is 2.15. The van der Waals surface area contributed by atoms with Crippen LogP contribution in [0.2, 0.25) is 0 Å². The molecule has 1 fully saturated rings. The fraction of sp³-hybridized carbons (Fsp3) is 0.909. The molecule has 1 aliphatic rings. The predicted molar refractivity (Wildman–Crippen MR) is 68.9 cm³/mol. The van der Waals surface area contributed by atoms with Gasteiger partial charge in [0.05, 0.1) is 0 Å². The van der Waals surface area contributed by atoms with Crippen LogP contribution in [0.4, 0.5) is 0 Å². The molecular formula is C11H22OS2. The number of carbonyl (C=O) groups is 1. The zero-order valence-electron chi connectivity index (χ0n) is 9.54. The van der Waals surface area contributed by atoms with E-state index in [1.54, 1.807) is 6.92 Å².